The molecule has 1 aromatic carbocycles. The number of rotatable bonds is 1. The van der Waals surface area contributed by atoms with Crippen LogP contribution < -0.4 is 5.32 Å². The molecule has 2 aliphatic rings. The molecule has 2 nitrogen and oxygen atoms in total. The number of anilines is 1. The Kier molecular flexibility index (Phi) is 3.55. The van der Waals surface area contributed by atoms with Crippen molar-refractivity contribution in [1.29, 1.82) is 0 Å². The number of benzene rings is 1. The highest BCUT2D eigenvalue weighted by atomic mass is 15.2. The van der Waals surface area contributed by atoms with Crippen molar-refractivity contribution in [2.24, 2.45) is 5.92 Å². The summed E-state index contributed by atoms with van der Waals surface area (Å²) in [6, 6.07) is 9.50. The van der Waals surface area contributed by atoms with E-state index in [0.29, 0.717) is 0 Å². The standard InChI is InChI=1S/C16H24N2/c1-13-5-4-10-18(12-13)15-9-8-14-6-2-3-7-16(14)17-11-15/h2-3,6-7,13,15,17H,4-5,8-12H2,1H3. The highest BCUT2D eigenvalue weighted by molar-refractivity contribution is 5.52. The maximum absolute atomic E-state index is 3.65. The number of hydrogen-bond donors (Lipinski definition) is 1. The second-order valence-electron chi connectivity index (χ2n) is 5.97. The van der Waals surface area contributed by atoms with Gasteiger partial charge in [0.2, 0.25) is 0 Å². The van der Waals surface area contributed by atoms with E-state index < -0.39 is 0 Å². The van der Waals surface area contributed by atoms with Gasteiger partial charge >= 0.3 is 0 Å². The minimum absolute atomic E-state index is 0.722. The van der Waals surface area contributed by atoms with Crippen molar-refractivity contribution < 1.29 is 0 Å². The fourth-order valence-corrected chi connectivity index (χ4v) is 3.43. The van der Waals surface area contributed by atoms with Gasteiger partial charge in [-0.25, -0.2) is 0 Å². The molecule has 18 heavy (non-hydrogen) atoms. The minimum atomic E-state index is 0.722. The van der Waals surface area contributed by atoms with Crippen LogP contribution in [0.1, 0.15) is 31.7 Å². The Morgan fingerprint density at radius 1 is 1.22 bits per heavy atom. The van der Waals surface area contributed by atoms with Gasteiger partial charge in [0.15, 0.2) is 0 Å². The molecule has 0 aliphatic carbocycles. The third kappa shape index (κ3) is 2.54. The molecule has 98 valence electrons. The maximum Gasteiger partial charge on any atom is 0.0373 e. The lowest BCUT2D eigenvalue weighted by atomic mass is 9.97. The fraction of sp³-hybridized carbons (Fsp3) is 0.625. The van der Waals surface area contributed by atoms with Gasteiger partial charge in [-0.05, 0) is 49.8 Å². The molecule has 0 amide bonds. The SMILES string of the molecule is CC1CCCN(C2CCc3ccccc3NC2)C1. The normalized spacial score (nSPS) is 29.2. The summed E-state index contributed by atoms with van der Waals surface area (Å²) < 4.78 is 0. The van der Waals surface area contributed by atoms with E-state index in [1.165, 1.54) is 50.0 Å². The van der Waals surface area contributed by atoms with Crippen molar-refractivity contribution in [1.82, 2.24) is 4.90 Å². The summed E-state index contributed by atoms with van der Waals surface area (Å²) in [6.07, 6.45) is 5.32. The first-order valence-electron chi connectivity index (χ1n) is 7.39. The first-order valence-corrected chi connectivity index (χ1v) is 7.39. The Morgan fingerprint density at radius 2 is 2.11 bits per heavy atom. The number of hydrogen-bond acceptors (Lipinski definition) is 2. The number of nitrogens with zero attached hydrogens (tertiary/aromatic N) is 1. The van der Waals surface area contributed by atoms with Crippen molar-refractivity contribution >= 4 is 5.69 Å². The summed E-state index contributed by atoms with van der Waals surface area (Å²) in [5.74, 6) is 0.879. The number of para-hydroxylation sites is 1. The predicted octanol–water partition coefficient (Wildman–Crippen LogP) is 3.15. The van der Waals surface area contributed by atoms with Gasteiger partial charge in [-0.1, -0.05) is 25.1 Å². The van der Waals surface area contributed by atoms with Crippen molar-refractivity contribution in [2.75, 3.05) is 25.0 Å². The topological polar surface area (TPSA) is 15.3 Å². The molecule has 2 aliphatic heterocycles. The summed E-state index contributed by atoms with van der Waals surface area (Å²) in [7, 11) is 0. The molecule has 1 N–H and O–H groups in total. The molecule has 0 bridgehead atoms. The Morgan fingerprint density at radius 3 is 3.00 bits per heavy atom. The van der Waals surface area contributed by atoms with E-state index in [9.17, 15) is 0 Å². The van der Waals surface area contributed by atoms with Crippen LogP contribution in [0.25, 0.3) is 0 Å². The molecule has 0 radical (unpaired) electrons. The van der Waals surface area contributed by atoms with E-state index in [-0.39, 0.29) is 0 Å². The number of fused-ring (bicyclic) bond motifs is 1. The Labute approximate surface area is 110 Å². The zero-order chi connectivity index (χ0) is 12.4. The van der Waals surface area contributed by atoms with Gasteiger partial charge < -0.3 is 5.32 Å². The molecule has 0 saturated carbocycles. The highest BCUT2D eigenvalue weighted by Gasteiger charge is 2.25. The molecular weight excluding hydrogens is 220 g/mol. The van der Waals surface area contributed by atoms with E-state index in [2.05, 4.69) is 41.4 Å². The number of piperidine rings is 1. The second-order valence-corrected chi connectivity index (χ2v) is 5.97. The van der Waals surface area contributed by atoms with Gasteiger partial charge in [0, 0.05) is 24.8 Å². The predicted molar refractivity (Wildman–Crippen MR) is 77.0 cm³/mol. The quantitative estimate of drug-likeness (QED) is 0.816. The molecule has 1 saturated heterocycles. The molecule has 2 heteroatoms. The largest absolute Gasteiger partial charge is 0.383 e. The van der Waals surface area contributed by atoms with Crippen LogP contribution >= 0.6 is 0 Å². The van der Waals surface area contributed by atoms with E-state index in [4.69, 9.17) is 0 Å². The molecule has 2 heterocycles. The zero-order valence-corrected chi connectivity index (χ0v) is 11.4. The Hall–Kier alpha value is -1.02. The summed E-state index contributed by atoms with van der Waals surface area (Å²) in [6.45, 7) is 6.10. The monoisotopic (exact) mass is 244 g/mol. The minimum Gasteiger partial charge on any atom is -0.383 e. The van der Waals surface area contributed by atoms with Crippen LogP contribution in [-0.2, 0) is 6.42 Å². The van der Waals surface area contributed by atoms with Crippen LogP contribution in [0.2, 0.25) is 0 Å². The van der Waals surface area contributed by atoms with Crippen LogP contribution in [-0.4, -0.2) is 30.6 Å². The number of aryl methyl sites for hydroxylation is 1. The lowest BCUT2D eigenvalue weighted by Gasteiger charge is -2.37. The van der Waals surface area contributed by atoms with Gasteiger partial charge in [-0.2, -0.15) is 0 Å². The van der Waals surface area contributed by atoms with Crippen molar-refractivity contribution in [3.05, 3.63) is 29.8 Å². The first-order chi connectivity index (χ1) is 8.83. The first kappa shape index (κ1) is 12.0. The smallest absolute Gasteiger partial charge is 0.0373 e. The third-order valence-corrected chi connectivity index (χ3v) is 4.50. The number of likely N-dealkylation sites (tertiary alicyclic amines) is 1. The molecule has 1 fully saturated rings. The van der Waals surface area contributed by atoms with E-state index in [1.54, 1.807) is 0 Å². The van der Waals surface area contributed by atoms with E-state index in [0.717, 1.165) is 18.5 Å². The van der Waals surface area contributed by atoms with Crippen molar-refractivity contribution in [3.63, 3.8) is 0 Å². The van der Waals surface area contributed by atoms with Crippen LogP contribution in [0.4, 0.5) is 5.69 Å². The number of nitrogens with one attached hydrogen (secondary N) is 1. The molecule has 2 unspecified atom stereocenters. The molecule has 1 aromatic rings. The third-order valence-electron chi connectivity index (χ3n) is 4.50. The van der Waals surface area contributed by atoms with Crippen molar-refractivity contribution in [3.8, 4) is 0 Å². The maximum atomic E-state index is 3.65. The van der Waals surface area contributed by atoms with Gasteiger partial charge in [0.05, 0.1) is 0 Å². The van der Waals surface area contributed by atoms with Crippen LogP contribution in [0, 0.1) is 5.92 Å². The summed E-state index contributed by atoms with van der Waals surface area (Å²) >= 11 is 0. The Balaban J connectivity index is 1.67. The molecular formula is C16H24N2. The van der Waals surface area contributed by atoms with Crippen LogP contribution in [0.15, 0.2) is 24.3 Å². The highest BCUT2D eigenvalue weighted by Crippen LogP contribution is 2.25. The lowest BCUT2D eigenvalue weighted by molar-refractivity contribution is 0.130. The molecule has 3 rings (SSSR count). The lowest BCUT2D eigenvalue weighted by Crippen LogP contribution is -2.45. The van der Waals surface area contributed by atoms with Crippen LogP contribution in [0.3, 0.4) is 0 Å². The summed E-state index contributed by atoms with van der Waals surface area (Å²) in [5.41, 5.74) is 2.84. The van der Waals surface area contributed by atoms with Gasteiger partial charge in [0.1, 0.15) is 0 Å². The Bertz CT molecular complexity index is 375. The van der Waals surface area contributed by atoms with E-state index in [1.807, 2.05) is 0 Å². The van der Waals surface area contributed by atoms with Gasteiger partial charge in [-0.15, -0.1) is 0 Å². The average molecular weight is 244 g/mol. The molecule has 0 aromatic heterocycles. The zero-order valence-electron chi connectivity index (χ0n) is 11.4. The van der Waals surface area contributed by atoms with E-state index >= 15 is 0 Å². The summed E-state index contributed by atoms with van der Waals surface area (Å²) in [4.78, 5) is 2.72. The summed E-state index contributed by atoms with van der Waals surface area (Å²) in [5, 5.41) is 3.65. The fourth-order valence-electron chi connectivity index (χ4n) is 3.43. The van der Waals surface area contributed by atoms with Crippen molar-refractivity contribution in [2.45, 2.75) is 38.6 Å². The average Bonchev–Trinajstić information content (AvgIpc) is 2.61. The van der Waals surface area contributed by atoms with Crippen LogP contribution in [0.5, 0.6) is 0 Å². The molecule has 2 atom stereocenters. The van der Waals surface area contributed by atoms with Gasteiger partial charge in [0.25, 0.3) is 0 Å². The van der Waals surface area contributed by atoms with Gasteiger partial charge in [-0.3, -0.25) is 4.90 Å². The molecule has 0 spiro atoms. The second kappa shape index (κ2) is 5.31.